The van der Waals surface area contributed by atoms with Gasteiger partial charge in [-0.05, 0) is 57.1 Å². The van der Waals surface area contributed by atoms with Crippen molar-refractivity contribution in [2.45, 2.75) is 38.1 Å². The van der Waals surface area contributed by atoms with E-state index in [1.807, 2.05) is 49.0 Å². The van der Waals surface area contributed by atoms with Crippen molar-refractivity contribution in [1.29, 1.82) is 0 Å². The summed E-state index contributed by atoms with van der Waals surface area (Å²) in [6, 6.07) is 11.0. The minimum atomic E-state index is -0.329. The Balaban J connectivity index is 1.55. The summed E-state index contributed by atoms with van der Waals surface area (Å²) >= 11 is 0. The summed E-state index contributed by atoms with van der Waals surface area (Å²) in [6.07, 6.45) is 6.86. The highest BCUT2D eigenvalue weighted by Crippen LogP contribution is 2.35. The van der Waals surface area contributed by atoms with E-state index in [4.69, 9.17) is 4.74 Å². The first-order valence-electron chi connectivity index (χ1n) is 12.0. The molecule has 34 heavy (non-hydrogen) atoms. The lowest BCUT2D eigenvalue weighted by molar-refractivity contribution is 0.281. The molecular formula is C27H31FN4O2. The first-order chi connectivity index (χ1) is 16.4. The normalized spacial score (nSPS) is 14.6. The van der Waals surface area contributed by atoms with Gasteiger partial charge in [0.05, 0.1) is 29.4 Å². The SMILES string of the molecule is CN(C)CCCOc1ccc(-c2cc3c(cc2F)ncc2c3n(C3CCCC3)c(=O)n2C)cc1. The topological polar surface area (TPSA) is 52.3 Å². The van der Waals surface area contributed by atoms with Crippen LogP contribution in [0.5, 0.6) is 5.75 Å². The molecule has 0 bridgehead atoms. The molecule has 1 saturated carbocycles. The van der Waals surface area contributed by atoms with Crippen LogP contribution in [0, 0.1) is 5.82 Å². The molecule has 2 aromatic heterocycles. The number of aromatic nitrogens is 3. The molecule has 1 aliphatic rings. The number of ether oxygens (including phenoxy) is 1. The summed E-state index contributed by atoms with van der Waals surface area (Å²) in [4.78, 5) is 19.7. The average Bonchev–Trinajstić information content (AvgIpc) is 3.43. The number of fused-ring (bicyclic) bond motifs is 3. The quantitative estimate of drug-likeness (QED) is 0.357. The number of imidazole rings is 1. The molecule has 0 radical (unpaired) electrons. The van der Waals surface area contributed by atoms with Crippen LogP contribution < -0.4 is 10.4 Å². The Morgan fingerprint density at radius 1 is 1.15 bits per heavy atom. The third-order valence-corrected chi connectivity index (χ3v) is 6.88. The lowest BCUT2D eigenvalue weighted by Crippen LogP contribution is -2.24. The van der Waals surface area contributed by atoms with Gasteiger partial charge < -0.3 is 9.64 Å². The van der Waals surface area contributed by atoms with E-state index in [1.54, 1.807) is 17.8 Å². The molecule has 2 aromatic carbocycles. The van der Waals surface area contributed by atoms with Crippen LogP contribution in [0.25, 0.3) is 33.1 Å². The van der Waals surface area contributed by atoms with Gasteiger partial charge in [0.25, 0.3) is 0 Å². The highest BCUT2D eigenvalue weighted by molar-refractivity contribution is 6.04. The van der Waals surface area contributed by atoms with Gasteiger partial charge in [-0.25, -0.2) is 9.18 Å². The van der Waals surface area contributed by atoms with Gasteiger partial charge in [0.1, 0.15) is 11.6 Å². The molecule has 0 aliphatic heterocycles. The number of benzene rings is 2. The van der Waals surface area contributed by atoms with E-state index in [1.165, 1.54) is 6.07 Å². The van der Waals surface area contributed by atoms with E-state index in [-0.39, 0.29) is 17.5 Å². The van der Waals surface area contributed by atoms with Crippen molar-refractivity contribution >= 4 is 21.9 Å². The van der Waals surface area contributed by atoms with Crippen LogP contribution in [-0.2, 0) is 7.05 Å². The monoisotopic (exact) mass is 462 g/mol. The summed E-state index contributed by atoms with van der Waals surface area (Å²) in [6.45, 7) is 1.60. The van der Waals surface area contributed by atoms with E-state index in [0.29, 0.717) is 17.7 Å². The lowest BCUT2D eigenvalue weighted by Gasteiger charge is -2.14. The Kier molecular flexibility index (Phi) is 6.13. The maximum Gasteiger partial charge on any atom is 0.329 e. The van der Waals surface area contributed by atoms with Gasteiger partial charge in [0.2, 0.25) is 0 Å². The summed E-state index contributed by atoms with van der Waals surface area (Å²) in [5.74, 6) is 0.440. The molecule has 0 unspecified atom stereocenters. The van der Waals surface area contributed by atoms with Gasteiger partial charge >= 0.3 is 5.69 Å². The van der Waals surface area contributed by atoms with E-state index in [9.17, 15) is 4.79 Å². The van der Waals surface area contributed by atoms with Crippen LogP contribution in [0.3, 0.4) is 0 Å². The fraction of sp³-hybridized carbons (Fsp3) is 0.407. The predicted molar refractivity (Wildman–Crippen MR) is 134 cm³/mol. The molecule has 0 spiro atoms. The molecule has 5 rings (SSSR count). The first-order valence-corrected chi connectivity index (χ1v) is 12.0. The minimum Gasteiger partial charge on any atom is -0.494 e. The molecule has 178 valence electrons. The van der Waals surface area contributed by atoms with Crippen LogP contribution in [0.4, 0.5) is 4.39 Å². The van der Waals surface area contributed by atoms with Crippen LogP contribution in [0.2, 0.25) is 0 Å². The predicted octanol–water partition coefficient (Wildman–Crippen LogP) is 5.14. The summed E-state index contributed by atoms with van der Waals surface area (Å²) < 4.78 is 24.6. The zero-order valence-corrected chi connectivity index (χ0v) is 20.1. The van der Waals surface area contributed by atoms with E-state index in [0.717, 1.165) is 66.4 Å². The molecule has 1 fully saturated rings. The van der Waals surface area contributed by atoms with Crippen molar-refractivity contribution in [2.75, 3.05) is 27.2 Å². The van der Waals surface area contributed by atoms with Crippen LogP contribution in [0.1, 0.15) is 38.1 Å². The zero-order chi connectivity index (χ0) is 23.8. The van der Waals surface area contributed by atoms with Crippen LogP contribution in [-0.4, -0.2) is 46.3 Å². The van der Waals surface area contributed by atoms with Crippen molar-refractivity contribution in [3.63, 3.8) is 0 Å². The molecule has 0 amide bonds. The van der Waals surface area contributed by atoms with Crippen molar-refractivity contribution in [1.82, 2.24) is 19.0 Å². The standard InChI is InChI=1S/C27H31FN4O2/c1-30(2)13-6-14-34-20-11-9-18(10-12-20)21-15-22-24(16-23(21)28)29-17-25-26(22)32(27(33)31(25)3)19-7-4-5-8-19/h9-12,15-17,19H,4-8,13-14H2,1-3H3. The lowest BCUT2D eigenvalue weighted by atomic mass is 10.0. The number of rotatable bonds is 7. The van der Waals surface area contributed by atoms with Crippen molar-refractivity contribution in [2.24, 2.45) is 7.05 Å². The molecular weight excluding hydrogens is 431 g/mol. The fourth-order valence-electron chi connectivity index (χ4n) is 5.07. The molecule has 0 atom stereocenters. The molecule has 0 saturated heterocycles. The molecule has 6 nitrogen and oxygen atoms in total. The zero-order valence-electron chi connectivity index (χ0n) is 20.1. The molecule has 7 heteroatoms. The van der Waals surface area contributed by atoms with Gasteiger partial charge in [-0.3, -0.25) is 14.1 Å². The smallest absolute Gasteiger partial charge is 0.329 e. The highest BCUT2D eigenvalue weighted by atomic mass is 19.1. The number of pyridine rings is 1. The summed E-state index contributed by atoms with van der Waals surface area (Å²) in [7, 11) is 5.86. The van der Waals surface area contributed by atoms with E-state index >= 15 is 4.39 Å². The Hall–Kier alpha value is -3.19. The number of hydrogen-bond donors (Lipinski definition) is 0. The van der Waals surface area contributed by atoms with Crippen LogP contribution >= 0.6 is 0 Å². The second-order valence-electron chi connectivity index (χ2n) is 9.52. The van der Waals surface area contributed by atoms with Gasteiger partial charge in [0, 0.05) is 36.7 Å². The van der Waals surface area contributed by atoms with Crippen molar-refractivity contribution < 1.29 is 9.13 Å². The van der Waals surface area contributed by atoms with E-state index < -0.39 is 0 Å². The second kappa shape index (κ2) is 9.22. The maximum absolute atomic E-state index is 15.2. The fourth-order valence-corrected chi connectivity index (χ4v) is 5.07. The molecule has 0 N–H and O–H groups in total. The minimum absolute atomic E-state index is 0.0298. The maximum atomic E-state index is 15.2. The Morgan fingerprint density at radius 3 is 2.59 bits per heavy atom. The summed E-state index contributed by atoms with van der Waals surface area (Å²) in [5, 5.41) is 0.808. The number of halogens is 1. The number of hydrogen-bond acceptors (Lipinski definition) is 4. The second-order valence-corrected chi connectivity index (χ2v) is 9.52. The average molecular weight is 463 g/mol. The number of nitrogens with zero attached hydrogens (tertiary/aromatic N) is 4. The number of aryl methyl sites for hydroxylation is 1. The van der Waals surface area contributed by atoms with Gasteiger partial charge in [-0.15, -0.1) is 0 Å². The molecule has 4 aromatic rings. The van der Waals surface area contributed by atoms with E-state index in [2.05, 4.69) is 9.88 Å². The van der Waals surface area contributed by atoms with Crippen molar-refractivity contribution in [3.8, 4) is 16.9 Å². The van der Waals surface area contributed by atoms with Gasteiger partial charge in [-0.1, -0.05) is 25.0 Å². The molecule has 2 heterocycles. The molecule has 1 aliphatic carbocycles. The third kappa shape index (κ3) is 4.09. The highest BCUT2D eigenvalue weighted by Gasteiger charge is 2.24. The van der Waals surface area contributed by atoms with Crippen LogP contribution in [0.15, 0.2) is 47.4 Å². The Bertz CT molecular complexity index is 1380. The van der Waals surface area contributed by atoms with Gasteiger partial charge in [0.15, 0.2) is 0 Å². The third-order valence-electron chi connectivity index (χ3n) is 6.88. The van der Waals surface area contributed by atoms with Crippen molar-refractivity contribution in [3.05, 3.63) is 58.9 Å². The summed E-state index contributed by atoms with van der Waals surface area (Å²) in [5.41, 5.74) is 3.43. The van der Waals surface area contributed by atoms with Gasteiger partial charge in [-0.2, -0.15) is 0 Å². The first kappa shape index (κ1) is 22.6. The Labute approximate surface area is 198 Å². The Morgan fingerprint density at radius 2 is 1.88 bits per heavy atom. The largest absolute Gasteiger partial charge is 0.494 e.